The summed E-state index contributed by atoms with van der Waals surface area (Å²) in [7, 11) is 1.36. The maximum Gasteiger partial charge on any atom is 0.409 e. The Morgan fingerprint density at radius 2 is 2.22 bits per heavy atom. The fourth-order valence-electron chi connectivity index (χ4n) is 3.80. The summed E-state index contributed by atoms with van der Waals surface area (Å²) in [4.78, 5) is 31.9. The molecule has 1 spiro atoms. The first-order valence-electron chi connectivity index (χ1n) is 8.25. The molecule has 0 radical (unpaired) electrons. The molecule has 2 aliphatic heterocycles. The average molecular weight is 455 g/mol. The molecular formula is C17H16BrFN4O3S. The average Bonchev–Trinajstić information content (AvgIpc) is 3.34. The predicted molar refractivity (Wildman–Crippen MR) is 103 cm³/mol. The molecule has 10 heteroatoms. The molecule has 2 aliphatic rings. The summed E-state index contributed by atoms with van der Waals surface area (Å²) in [6.07, 6.45) is 1.42. The lowest BCUT2D eigenvalue weighted by Crippen LogP contribution is -2.41. The van der Waals surface area contributed by atoms with Gasteiger partial charge in [-0.1, -0.05) is 27.3 Å². The van der Waals surface area contributed by atoms with Crippen molar-refractivity contribution in [2.45, 2.75) is 11.8 Å². The van der Waals surface area contributed by atoms with Crippen LogP contribution in [0.3, 0.4) is 0 Å². The summed E-state index contributed by atoms with van der Waals surface area (Å²) < 4.78 is 18.9. The van der Waals surface area contributed by atoms with Crippen LogP contribution in [0.2, 0.25) is 0 Å². The Bertz CT molecular complexity index is 923. The van der Waals surface area contributed by atoms with Gasteiger partial charge in [-0.3, -0.25) is 10.2 Å². The number of halogens is 2. The second kappa shape index (κ2) is 6.75. The van der Waals surface area contributed by atoms with Crippen LogP contribution in [-0.4, -0.2) is 48.8 Å². The Morgan fingerprint density at radius 1 is 1.41 bits per heavy atom. The molecule has 1 fully saturated rings. The standard InChI is InChI=1S/C17H16BrFN4O3S/c1-26-16(25)22-5-4-17(8-22)9-23(12-3-2-10(18)6-11(12)17)15(24)21-14-20-7-13(19)27-14/h2-3,6-7H,4-5,8-9H2,1H3,(H,20,21,24)/t17-/m0/s1. The van der Waals surface area contributed by atoms with Gasteiger partial charge in [0.1, 0.15) is 0 Å². The van der Waals surface area contributed by atoms with Gasteiger partial charge in [0, 0.05) is 35.2 Å². The van der Waals surface area contributed by atoms with E-state index in [0.29, 0.717) is 19.6 Å². The highest BCUT2D eigenvalue weighted by Crippen LogP contribution is 2.47. The van der Waals surface area contributed by atoms with E-state index in [1.165, 1.54) is 7.11 Å². The van der Waals surface area contributed by atoms with E-state index in [0.717, 1.165) is 39.7 Å². The molecule has 1 saturated heterocycles. The summed E-state index contributed by atoms with van der Waals surface area (Å²) in [6.45, 7) is 1.45. The number of ether oxygens (including phenoxy) is 1. The predicted octanol–water partition coefficient (Wildman–Crippen LogP) is 3.81. The smallest absolute Gasteiger partial charge is 0.409 e. The molecule has 27 heavy (non-hydrogen) atoms. The topological polar surface area (TPSA) is 74.8 Å². The first kappa shape index (κ1) is 18.2. The molecule has 0 saturated carbocycles. The molecule has 3 amide bonds. The Kier molecular flexibility index (Phi) is 4.55. The molecule has 7 nitrogen and oxygen atoms in total. The highest BCUT2D eigenvalue weighted by molar-refractivity contribution is 9.10. The zero-order valence-electron chi connectivity index (χ0n) is 14.4. The summed E-state index contributed by atoms with van der Waals surface area (Å²) >= 11 is 4.27. The van der Waals surface area contributed by atoms with Crippen molar-refractivity contribution in [3.05, 3.63) is 39.6 Å². The molecule has 1 N–H and O–H groups in total. The highest BCUT2D eigenvalue weighted by Gasteiger charge is 2.50. The third-order valence-electron chi connectivity index (χ3n) is 5.00. The van der Waals surface area contributed by atoms with Crippen molar-refractivity contribution < 1.29 is 18.7 Å². The first-order chi connectivity index (χ1) is 12.9. The summed E-state index contributed by atoms with van der Waals surface area (Å²) in [5, 5.41) is 2.40. The van der Waals surface area contributed by atoms with Crippen LogP contribution in [-0.2, 0) is 10.2 Å². The highest BCUT2D eigenvalue weighted by atomic mass is 79.9. The van der Waals surface area contributed by atoms with Gasteiger partial charge in [0.25, 0.3) is 0 Å². The number of hydrogen-bond donors (Lipinski definition) is 1. The van der Waals surface area contributed by atoms with Crippen LogP contribution in [0.15, 0.2) is 28.9 Å². The molecule has 4 rings (SSSR count). The number of rotatable bonds is 1. The molecule has 1 atom stereocenters. The van der Waals surface area contributed by atoms with Crippen molar-refractivity contribution in [3.8, 4) is 0 Å². The largest absolute Gasteiger partial charge is 0.453 e. The number of carbonyl (C=O) groups excluding carboxylic acids is 2. The van der Waals surface area contributed by atoms with Crippen molar-refractivity contribution in [1.29, 1.82) is 0 Å². The summed E-state index contributed by atoms with van der Waals surface area (Å²) in [6, 6.07) is 5.36. The minimum Gasteiger partial charge on any atom is -0.453 e. The fraction of sp³-hybridized carbons (Fsp3) is 0.353. The molecule has 0 aliphatic carbocycles. The molecule has 3 heterocycles. The zero-order chi connectivity index (χ0) is 19.2. The van der Waals surface area contributed by atoms with Crippen molar-refractivity contribution in [3.63, 3.8) is 0 Å². The van der Waals surface area contributed by atoms with Gasteiger partial charge >= 0.3 is 12.1 Å². The number of benzene rings is 1. The van der Waals surface area contributed by atoms with Crippen LogP contribution < -0.4 is 10.2 Å². The van der Waals surface area contributed by atoms with Gasteiger partial charge in [-0.05, 0) is 30.2 Å². The second-order valence-corrected chi connectivity index (χ2v) is 8.47. The van der Waals surface area contributed by atoms with Crippen LogP contribution in [0.4, 0.5) is 24.8 Å². The van der Waals surface area contributed by atoms with Gasteiger partial charge in [0.2, 0.25) is 0 Å². The number of nitrogens with one attached hydrogen (secondary N) is 1. The lowest BCUT2D eigenvalue weighted by Gasteiger charge is -2.25. The van der Waals surface area contributed by atoms with E-state index in [1.54, 1.807) is 9.80 Å². The van der Waals surface area contributed by atoms with Crippen molar-refractivity contribution >= 4 is 50.2 Å². The third kappa shape index (κ3) is 3.16. The van der Waals surface area contributed by atoms with E-state index < -0.39 is 5.13 Å². The summed E-state index contributed by atoms with van der Waals surface area (Å²) in [5.74, 6) is 0. The van der Waals surface area contributed by atoms with E-state index in [1.807, 2.05) is 18.2 Å². The van der Waals surface area contributed by atoms with Gasteiger partial charge < -0.3 is 9.64 Å². The van der Waals surface area contributed by atoms with Gasteiger partial charge in [-0.25, -0.2) is 14.6 Å². The van der Waals surface area contributed by atoms with E-state index in [4.69, 9.17) is 4.74 Å². The minimum absolute atomic E-state index is 0.208. The number of thiazole rings is 1. The maximum atomic E-state index is 13.2. The molecule has 0 bridgehead atoms. The molecular weight excluding hydrogens is 439 g/mol. The van der Waals surface area contributed by atoms with E-state index >= 15 is 0 Å². The van der Waals surface area contributed by atoms with Gasteiger partial charge in [-0.2, -0.15) is 4.39 Å². The number of nitrogens with zero attached hydrogens (tertiary/aromatic N) is 3. The number of hydrogen-bond acceptors (Lipinski definition) is 5. The number of anilines is 2. The molecule has 1 aromatic carbocycles. The molecule has 1 aromatic heterocycles. The maximum absolute atomic E-state index is 13.2. The van der Waals surface area contributed by atoms with Crippen LogP contribution in [0, 0.1) is 5.13 Å². The number of aromatic nitrogens is 1. The van der Waals surface area contributed by atoms with Crippen LogP contribution in [0.5, 0.6) is 0 Å². The van der Waals surface area contributed by atoms with Gasteiger partial charge in [0.05, 0.1) is 13.3 Å². The normalized spacial score (nSPS) is 20.9. The van der Waals surface area contributed by atoms with Crippen molar-refractivity contribution in [1.82, 2.24) is 9.88 Å². The minimum atomic E-state index is -0.461. The molecule has 142 valence electrons. The SMILES string of the molecule is COC(=O)N1CC[C@]2(C1)CN(C(=O)Nc1ncc(F)s1)c1ccc(Br)cc12. The van der Waals surface area contributed by atoms with Crippen LogP contribution in [0.25, 0.3) is 0 Å². The Balaban J connectivity index is 1.64. The Labute approximate surface area is 167 Å². The van der Waals surface area contributed by atoms with Crippen LogP contribution in [0.1, 0.15) is 12.0 Å². The monoisotopic (exact) mass is 454 g/mol. The van der Waals surface area contributed by atoms with E-state index in [-0.39, 0.29) is 22.7 Å². The van der Waals surface area contributed by atoms with Gasteiger partial charge in [0.15, 0.2) is 10.3 Å². The molecule has 0 unspecified atom stereocenters. The third-order valence-corrected chi connectivity index (χ3v) is 6.20. The van der Waals surface area contributed by atoms with Gasteiger partial charge in [-0.15, -0.1) is 0 Å². The summed E-state index contributed by atoms with van der Waals surface area (Å²) in [5.41, 5.74) is 1.42. The number of carbonyl (C=O) groups is 2. The van der Waals surface area contributed by atoms with Crippen LogP contribution >= 0.6 is 27.3 Å². The Morgan fingerprint density at radius 3 is 2.93 bits per heavy atom. The number of urea groups is 1. The quantitative estimate of drug-likeness (QED) is 0.710. The fourth-order valence-corrected chi connectivity index (χ4v) is 4.70. The first-order valence-corrected chi connectivity index (χ1v) is 9.86. The van der Waals surface area contributed by atoms with Crippen molar-refractivity contribution in [2.24, 2.45) is 0 Å². The van der Waals surface area contributed by atoms with E-state index in [2.05, 4.69) is 26.2 Å². The number of fused-ring (bicyclic) bond motifs is 2. The van der Waals surface area contributed by atoms with Crippen molar-refractivity contribution in [2.75, 3.05) is 37.0 Å². The lowest BCUT2D eigenvalue weighted by atomic mass is 9.82. The second-order valence-electron chi connectivity index (χ2n) is 6.57. The number of methoxy groups -OCH3 is 1. The van der Waals surface area contributed by atoms with E-state index in [9.17, 15) is 14.0 Å². The Hall–Kier alpha value is -2.20. The number of amides is 3. The lowest BCUT2D eigenvalue weighted by molar-refractivity contribution is 0.131. The molecule has 2 aromatic rings. The zero-order valence-corrected chi connectivity index (χ0v) is 16.8. The number of likely N-dealkylation sites (tertiary alicyclic amines) is 1.